The Kier molecular flexibility index (Phi) is 4.42. The predicted molar refractivity (Wildman–Crippen MR) is 71.2 cm³/mol. The van der Waals surface area contributed by atoms with E-state index >= 15 is 0 Å². The number of nitrogens with one attached hydrogen (secondary N) is 1. The molecule has 1 N–H and O–H groups in total. The average Bonchev–Trinajstić information content (AvgIpc) is 2.95. The summed E-state index contributed by atoms with van der Waals surface area (Å²) in [5.74, 6) is 1.81. The van der Waals surface area contributed by atoms with Gasteiger partial charge in [0.1, 0.15) is 0 Å². The third-order valence-corrected chi connectivity index (χ3v) is 3.55. The van der Waals surface area contributed by atoms with Gasteiger partial charge in [-0.2, -0.15) is 0 Å². The van der Waals surface area contributed by atoms with Gasteiger partial charge in [-0.3, -0.25) is 0 Å². The standard InChI is InChI=1S/C13H24N4/c1-3-7-17-9-6-14-13(17)15-10-12-5-8-16(4-2)11-12/h6,9,12H,3-5,7-8,10-11H2,1-2H3,(H,14,15). The van der Waals surface area contributed by atoms with Crippen LogP contribution >= 0.6 is 0 Å². The van der Waals surface area contributed by atoms with Crippen LogP contribution in [0, 0.1) is 5.92 Å². The molecular formula is C13H24N4. The molecule has 0 saturated carbocycles. The van der Waals surface area contributed by atoms with Crippen molar-refractivity contribution in [2.24, 2.45) is 5.92 Å². The van der Waals surface area contributed by atoms with Gasteiger partial charge in [0.2, 0.25) is 5.95 Å². The summed E-state index contributed by atoms with van der Waals surface area (Å²) in [4.78, 5) is 6.89. The van der Waals surface area contributed by atoms with Gasteiger partial charge >= 0.3 is 0 Å². The molecule has 2 heterocycles. The summed E-state index contributed by atoms with van der Waals surface area (Å²) in [6, 6.07) is 0. The van der Waals surface area contributed by atoms with E-state index in [-0.39, 0.29) is 0 Å². The Bertz CT molecular complexity index is 334. The van der Waals surface area contributed by atoms with Crippen molar-refractivity contribution in [2.45, 2.75) is 33.2 Å². The van der Waals surface area contributed by atoms with Crippen molar-refractivity contribution in [1.82, 2.24) is 14.5 Å². The largest absolute Gasteiger partial charge is 0.355 e. The van der Waals surface area contributed by atoms with Crippen molar-refractivity contribution < 1.29 is 0 Å². The summed E-state index contributed by atoms with van der Waals surface area (Å²) in [6.07, 6.45) is 6.40. The first-order valence-corrected chi connectivity index (χ1v) is 6.80. The fourth-order valence-electron chi connectivity index (χ4n) is 2.50. The number of imidazole rings is 1. The molecule has 0 radical (unpaired) electrons. The first kappa shape index (κ1) is 12.4. The zero-order chi connectivity index (χ0) is 12.1. The molecule has 0 spiro atoms. The normalized spacial score (nSPS) is 20.9. The van der Waals surface area contributed by atoms with E-state index in [4.69, 9.17) is 0 Å². The van der Waals surface area contributed by atoms with E-state index in [0.717, 1.165) is 31.4 Å². The first-order chi connectivity index (χ1) is 8.33. The van der Waals surface area contributed by atoms with Gasteiger partial charge < -0.3 is 14.8 Å². The summed E-state index contributed by atoms with van der Waals surface area (Å²) < 4.78 is 2.20. The Morgan fingerprint density at radius 3 is 3.06 bits per heavy atom. The van der Waals surface area contributed by atoms with Crippen LogP contribution < -0.4 is 5.32 Å². The van der Waals surface area contributed by atoms with Crippen LogP contribution in [0.1, 0.15) is 26.7 Å². The third-order valence-electron chi connectivity index (χ3n) is 3.55. The zero-order valence-corrected chi connectivity index (χ0v) is 11.0. The highest BCUT2D eigenvalue weighted by molar-refractivity contribution is 5.25. The molecule has 1 aliphatic heterocycles. The minimum Gasteiger partial charge on any atom is -0.355 e. The van der Waals surface area contributed by atoms with Crippen LogP contribution in [0.5, 0.6) is 0 Å². The van der Waals surface area contributed by atoms with Crippen molar-refractivity contribution in [3.8, 4) is 0 Å². The molecular weight excluding hydrogens is 212 g/mol. The van der Waals surface area contributed by atoms with Gasteiger partial charge in [-0.25, -0.2) is 4.98 Å². The van der Waals surface area contributed by atoms with Crippen LogP contribution in [0.25, 0.3) is 0 Å². The number of anilines is 1. The number of hydrogen-bond donors (Lipinski definition) is 1. The Labute approximate surface area is 104 Å². The summed E-state index contributed by atoms with van der Waals surface area (Å²) in [5, 5.41) is 3.49. The summed E-state index contributed by atoms with van der Waals surface area (Å²) >= 11 is 0. The predicted octanol–water partition coefficient (Wildman–Crippen LogP) is 2.05. The van der Waals surface area contributed by atoms with Gasteiger partial charge in [-0.15, -0.1) is 0 Å². The molecule has 96 valence electrons. The van der Waals surface area contributed by atoms with Crippen LogP contribution in [-0.4, -0.2) is 40.6 Å². The number of likely N-dealkylation sites (tertiary alicyclic amines) is 1. The van der Waals surface area contributed by atoms with Gasteiger partial charge in [-0.1, -0.05) is 13.8 Å². The average molecular weight is 236 g/mol. The second-order valence-electron chi connectivity index (χ2n) is 4.87. The van der Waals surface area contributed by atoms with Gasteiger partial charge in [0.05, 0.1) is 0 Å². The molecule has 0 aliphatic carbocycles. The number of rotatable bonds is 6. The van der Waals surface area contributed by atoms with Crippen LogP contribution in [0.3, 0.4) is 0 Å². The number of hydrogen-bond acceptors (Lipinski definition) is 3. The molecule has 1 aliphatic rings. The fraction of sp³-hybridized carbons (Fsp3) is 0.769. The first-order valence-electron chi connectivity index (χ1n) is 6.80. The molecule has 1 aromatic heterocycles. The number of aryl methyl sites for hydroxylation is 1. The quantitative estimate of drug-likeness (QED) is 0.820. The Hall–Kier alpha value is -1.03. The second-order valence-corrected chi connectivity index (χ2v) is 4.87. The number of nitrogens with zero attached hydrogens (tertiary/aromatic N) is 3. The van der Waals surface area contributed by atoms with Crippen molar-refractivity contribution in [2.75, 3.05) is 31.5 Å². The fourth-order valence-corrected chi connectivity index (χ4v) is 2.50. The Balaban J connectivity index is 1.79. The molecule has 0 amide bonds. The highest BCUT2D eigenvalue weighted by Crippen LogP contribution is 2.16. The SMILES string of the molecule is CCCn1ccnc1NCC1CCN(CC)C1. The minimum atomic E-state index is 0.779. The van der Waals surface area contributed by atoms with E-state index in [9.17, 15) is 0 Å². The lowest BCUT2D eigenvalue weighted by atomic mass is 10.1. The third kappa shape index (κ3) is 3.22. The van der Waals surface area contributed by atoms with E-state index in [1.54, 1.807) is 0 Å². The maximum absolute atomic E-state index is 4.37. The van der Waals surface area contributed by atoms with E-state index in [1.165, 1.54) is 26.1 Å². The van der Waals surface area contributed by atoms with Gasteiger partial charge in [0, 0.05) is 32.0 Å². The molecule has 2 rings (SSSR count). The lowest BCUT2D eigenvalue weighted by Crippen LogP contribution is -2.23. The van der Waals surface area contributed by atoms with Crippen LogP contribution in [0.15, 0.2) is 12.4 Å². The lowest BCUT2D eigenvalue weighted by molar-refractivity contribution is 0.344. The topological polar surface area (TPSA) is 33.1 Å². The highest BCUT2D eigenvalue weighted by Gasteiger charge is 2.20. The smallest absolute Gasteiger partial charge is 0.202 e. The second kappa shape index (κ2) is 6.05. The summed E-state index contributed by atoms with van der Waals surface area (Å²) in [5.41, 5.74) is 0. The van der Waals surface area contributed by atoms with Crippen LogP contribution in [0.2, 0.25) is 0 Å². The highest BCUT2D eigenvalue weighted by atomic mass is 15.2. The van der Waals surface area contributed by atoms with Gasteiger partial charge in [-0.05, 0) is 31.8 Å². The Morgan fingerprint density at radius 2 is 2.35 bits per heavy atom. The molecule has 1 aromatic rings. The van der Waals surface area contributed by atoms with Gasteiger partial charge in [0.15, 0.2) is 0 Å². The van der Waals surface area contributed by atoms with E-state index < -0.39 is 0 Å². The summed E-state index contributed by atoms with van der Waals surface area (Å²) in [7, 11) is 0. The summed E-state index contributed by atoms with van der Waals surface area (Å²) in [6.45, 7) is 10.2. The molecule has 4 nitrogen and oxygen atoms in total. The van der Waals surface area contributed by atoms with Crippen molar-refractivity contribution in [1.29, 1.82) is 0 Å². The van der Waals surface area contributed by atoms with Crippen molar-refractivity contribution in [3.63, 3.8) is 0 Å². The molecule has 1 atom stereocenters. The minimum absolute atomic E-state index is 0.779. The van der Waals surface area contributed by atoms with E-state index in [1.807, 2.05) is 6.20 Å². The molecule has 4 heteroatoms. The number of aromatic nitrogens is 2. The van der Waals surface area contributed by atoms with E-state index in [2.05, 4.69) is 39.8 Å². The zero-order valence-electron chi connectivity index (χ0n) is 11.0. The molecule has 1 unspecified atom stereocenters. The maximum Gasteiger partial charge on any atom is 0.202 e. The molecule has 1 saturated heterocycles. The monoisotopic (exact) mass is 236 g/mol. The molecule has 0 bridgehead atoms. The molecule has 1 fully saturated rings. The van der Waals surface area contributed by atoms with Gasteiger partial charge in [0.25, 0.3) is 0 Å². The maximum atomic E-state index is 4.37. The molecule has 0 aromatic carbocycles. The Morgan fingerprint density at radius 1 is 1.47 bits per heavy atom. The van der Waals surface area contributed by atoms with Crippen LogP contribution in [0.4, 0.5) is 5.95 Å². The lowest BCUT2D eigenvalue weighted by Gasteiger charge is -2.14. The van der Waals surface area contributed by atoms with E-state index in [0.29, 0.717) is 0 Å². The van der Waals surface area contributed by atoms with Crippen LogP contribution in [-0.2, 0) is 6.54 Å². The van der Waals surface area contributed by atoms with Crippen molar-refractivity contribution in [3.05, 3.63) is 12.4 Å². The van der Waals surface area contributed by atoms with Crippen molar-refractivity contribution >= 4 is 5.95 Å². The molecule has 17 heavy (non-hydrogen) atoms.